The van der Waals surface area contributed by atoms with Crippen molar-refractivity contribution in [2.75, 3.05) is 5.73 Å². The first-order valence-corrected chi connectivity index (χ1v) is 7.26. The molecule has 2 heterocycles. The average molecular weight is 267 g/mol. The molecule has 0 aliphatic carbocycles. The van der Waals surface area contributed by atoms with Gasteiger partial charge in [0.15, 0.2) is 0 Å². The fourth-order valence-electron chi connectivity index (χ4n) is 1.78. The number of nitrogens with two attached hydrogens (primary N) is 1. The van der Waals surface area contributed by atoms with Crippen LogP contribution in [0.5, 0.6) is 0 Å². The van der Waals surface area contributed by atoms with Crippen LogP contribution in [0.25, 0.3) is 0 Å². The van der Waals surface area contributed by atoms with Crippen molar-refractivity contribution in [3.63, 3.8) is 0 Å². The number of aromatic nitrogens is 1. The predicted molar refractivity (Wildman–Crippen MR) is 75.6 cm³/mol. The van der Waals surface area contributed by atoms with Crippen LogP contribution in [-0.2, 0) is 6.54 Å². The van der Waals surface area contributed by atoms with E-state index in [-0.39, 0.29) is 0 Å². The first-order valence-electron chi connectivity index (χ1n) is 5.57. The van der Waals surface area contributed by atoms with Gasteiger partial charge in [-0.15, -0.1) is 22.7 Å². The third-order valence-corrected chi connectivity index (χ3v) is 4.87. The van der Waals surface area contributed by atoms with E-state index < -0.39 is 0 Å². The Labute approximate surface area is 110 Å². The van der Waals surface area contributed by atoms with Crippen LogP contribution in [-0.4, -0.2) is 4.98 Å². The zero-order valence-corrected chi connectivity index (χ0v) is 11.9. The molecule has 3 N–H and O–H groups in total. The Morgan fingerprint density at radius 3 is 2.76 bits per heavy atom. The monoisotopic (exact) mass is 267 g/mol. The van der Waals surface area contributed by atoms with Crippen molar-refractivity contribution in [1.82, 2.24) is 10.3 Å². The lowest BCUT2D eigenvalue weighted by molar-refractivity contribution is 0.584. The SMILES string of the molecule is Cc1nc(C)c(C(C)NCc2sccc2N)s1. The lowest BCUT2D eigenvalue weighted by Gasteiger charge is -2.12. The zero-order valence-electron chi connectivity index (χ0n) is 10.3. The smallest absolute Gasteiger partial charge is 0.0900 e. The number of rotatable bonds is 4. The number of hydrogen-bond donors (Lipinski definition) is 2. The van der Waals surface area contributed by atoms with Crippen molar-refractivity contribution in [3.8, 4) is 0 Å². The van der Waals surface area contributed by atoms with Crippen molar-refractivity contribution in [2.45, 2.75) is 33.4 Å². The second kappa shape index (κ2) is 5.16. The third kappa shape index (κ3) is 2.86. The number of aryl methyl sites for hydroxylation is 2. The van der Waals surface area contributed by atoms with E-state index in [1.807, 2.05) is 18.4 Å². The van der Waals surface area contributed by atoms with E-state index in [2.05, 4.69) is 24.1 Å². The molecule has 5 heteroatoms. The highest BCUT2D eigenvalue weighted by Crippen LogP contribution is 2.25. The fourth-order valence-corrected chi connectivity index (χ4v) is 3.49. The maximum Gasteiger partial charge on any atom is 0.0900 e. The van der Waals surface area contributed by atoms with E-state index in [1.54, 1.807) is 22.7 Å². The summed E-state index contributed by atoms with van der Waals surface area (Å²) in [4.78, 5) is 6.97. The Morgan fingerprint density at radius 2 is 2.24 bits per heavy atom. The van der Waals surface area contributed by atoms with Crippen LogP contribution >= 0.6 is 22.7 Å². The number of thiazole rings is 1. The summed E-state index contributed by atoms with van der Waals surface area (Å²) >= 11 is 3.46. The minimum atomic E-state index is 0.322. The molecule has 0 amide bonds. The summed E-state index contributed by atoms with van der Waals surface area (Å²) < 4.78 is 0. The highest BCUT2D eigenvalue weighted by molar-refractivity contribution is 7.11. The van der Waals surface area contributed by atoms with Crippen LogP contribution in [0.2, 0.25) is 0 Å². The molecule has 92 valence electrons. The van der Waals surface area contributed by atoms with E-state index in [4.69, 9.17) is 5.73 Å². The van der Waals surface area contributed by atoms with E-state index in [1.165, 1.54) is 9.75 Å². The molecule has 0 saturated heterocycles. The first-order chi connectivity index (χ1) is 8.08. The summed E-state index contributed by atoms with van der Waals surface area (Å²) in [6, 6.07) is 2.27. The fraction of sp³-hybridized carbons (Fsp3) is 0.417. The number of thiophene rings is 1. The van der Waals surface area contributed by atoms with Gasteiger partial charge in [-0.3, -0.25) is 0 Å². The van der Waals surface area contributed by atoms with Gasteiger partial charge in [-0.1, -0.05) is 0 Å². The Hall–Kier alpha value is -0.910. The molecule has 2 rings (SSSR count). The number of nitrogen functional groups attached to an aromatic ring is 1. The van der Waals surface area contributed by atoms with Crippen LogP contribution in [0.4, 0.5) is 5.69 Å². The van der Waals surface area contributed by atoms with Crippen LogP contribution in [0.3, 0.4) is 0 Å². The lowest BCUT2D eigenvalue weighted by atomic mass is 10.2. The summed E-state index contributed by atoms with van der Waals surface area (Å²) in [5.74, 6) is 0. The Morgan fingerprint density at radius 1 is 1.47 bits per heavy atom. The van der Waals surface area contributed by atoms with E-state index in [9.17, 15) is 0 Å². The van der Waals surface area contributed by atoms with Gasteiger partial charge in [-0.05, 0) is 32.2 Å². The molecule has 0 aliphatic rings. The molecule has 1 atom stereocenters. The molecule has 3 nitrogen and oxygen atoms in total. The van der Waals surface area contributed by atoms with Crippen molar-refractivity contribution < 1.29 is 0 Å². The summed E-state index contributed by atoms with van der Waals surface area (Å²) in [6.45, 7) is 7.10. The molecule has 1 unspecified atom stereocenters. The standard InChI is InChI=1S/C12H17N3S2/c1-7(12-8(2)15-9(3)17-12)14-6-11-10(13)4-5-16-11/h4-5,7,14H,6,13H2,1-3H3. The van der Waals surface area contributed by atoms with E-state index in [0.29, 0.717) is 6.04 Å². The second-order valence-electron chi connectivity index (χ2n) is 4.08. The Kier molecular flexibility index (Phi) is 3.81. The van der Waals surface area contributed by atoms with E-state index >= 15 is 0 Å². The van der Waals surface area contributed by atoms with Crippen molar-refractivity contribution in [2.24, 2.45) is 0 Å². The molecular formula is C12H17N3S2. The molecule has 0 bridgehead atoms. The van der Waals surface area contributed by atoms with Crippen molar-refractivity contribution in [1.29, 1.82) is 0 Å². The van der Waals surface area contributed by atoms with Gasteiger partial charge >= 0.3 is 0 Å². The molecule has 0 aliphatic heterocycles. The van der Waals surface area contributed by atoms with Gasteiger partial charge in [0, 0.05) is 28.0 Å². The van der Waals surface area contributed by atoms with Gasteiger partial charge < -0.3 is 11.1 Å². The Bertz CT molecular complexity index is 502. The number of nitrogens with one attached hydrogen (secondary N) is 1. The minimum Gasteiger partial charge on any atom is -0.398 e. The largest absolute Gasteiger partial charge is 0.398 e. The zero-order chi connectivity index (χ0) is 12.4. The minimum absolute atomic E-state index is 0.322. The highest BCUT2D eigenvalue weighted by Gasteiger charge is 2.13. The van der Waals surface area contributed by atoms with Gasteiger partial charge in [-0.2, -0.15) is 0 Å². The summed E-state index contributed by atoms with van der Waals surface area (Å²) in [6.07, 6.45) is 0. The number of nitrogens with zero attached hydrogens (tertiary/aromatic N) is 1. The quantitative estimate of drug-likeness (QED) is 0.894. The third-order valence-electron chi connectivity index (χ3n) is 2.68. The van der Waals surface area contributed by atoms with Crippen LogP contribution in [0.15, 0.2) is 11.4 Å². The van der Waals surface area contributed by atoms with Crippen LogP contribution < -0.4 is 11.1 Å². The van der Waals surface area contributed by atoms with Gasteiger partial charge in [0.2, 0.25) is 0 Å². The van der Waals surface area contributed by atoms with Gasteiger partial charge in [-0.25, -0.2) is 4.98 Å². The van der Waals surface area contributed by atoms with Crippen molar-refractivity contribution >= 4 is 28.4 Å². The van der Waals surface area contributed by atoms with Gasteiger partial charge in [0.25, 0.3) is 0 Å². The number of anilines is 1. The maximum atomic E-state index is 5.86. The van der Waals surface area contributed by atoms with Crippen LogP contribution in [0, 0.1) is 13.8 Å². The molecule has 2 aromatic heterocycles. The molecule has 2 aromatic rings. The number of hydrogen-bond acceptors (Lipinski definition) is 5. The topological polar surface area (TPSA) is 50.9 Å². The molecule has 0 fully saturated rings. The molecular weight excluding hydrogens is 250 g/mol. The molecule has 0 aromatic carbocycles. The van der Waals surface area contributed by atoms with Gasteiger partial charge in [0.1, 0.15) is 0 Å². The molecule has 0 radical (unpaired) electrons. The lowest BCUT2D eigenvalue weighted by Crippen LogP contribution is -2.17. The molecule has 17 heavy (non-hydrogen) atoms. The summed E-state index contributed by atoms with van der Waals surface area (Å²) in [5, 5.41) is 6.65. The van der Waals surface area contributed by atoms with E-state index in [0.717, 1.165) is 22.9 Å². The van der Waals surface area contributed by atoms with Crippen LogP contribution in [0.1, 0.15) is 33.4 Å². The Balaban J connectivity index is 2.00. The molecule has 0 saturated carbocycles. The predicted octanol–water partition coefficient (Wildman–Crippen LogP) is 3.25. The van der Waals surface area contributed by atoms with Crippen molar-refractivity contribution in [3.05, 3.63) is 31.9 Å². The van der Waals surface area contributed by atoms with Gasteiger partial charge in [0.05, 0.1) is 10.7 Å². The average Bonchev–Trinajstić information content (AvgIpc) is 2.81. The first kappa shape index (κ1) is 12.5. The summed E-state index contributed by atoms with van der Waals surface area (Å²) in [7, 11) is 0. The maximum absolute atomic E-state index is 5.86. The normalized spacial score (nSPS) is 12.9. The second-order valence-corrected chi connectivity index (χ2v) is 6.32. The highest BCUT2D eigenvalue weighted by atomic mass is 32.1. The summed E-state index contributed by atoms with van der Waals surface area (Å²) in [5.41, 5.74) is 7.87. The molecule has 0 spiro atoms.